The zero-order valence-electron chi connectivity index (χ0n) is 12.8. The average molecular weight is 482 g/mol. The van der Waals surface area contributed by atoms with Crippen molar-refractivity contribution in [3.8, 4) is 0 Å². The van der Waals surface area contributed by atoms with Gasteiger partial charge in [0.05, 0.1) is 0 Å². The molecule has 0 aliphatic rings. The number of hydrogen-bond acceptors (Lipinski definition) is 1. The van der Waals surface area contributed by atoms with E-state index in [1.165, 1.54) is 0 Å². The largest absolute Gasteiger partial charge is 0.420 e. The minimum Gasteiger partial charge on any atom is -0.319 e. The van der Waals surface area contributed by atoms with E-state index in [-0.39, 0.29) is 0 Å². The topological polar surface area (TPSA) is 9.23 Å². The molecule has 0 saturated carbocycles. The highest BCUT2D eigenvalue weighted by Gasteiger charge is 2.98. The van der Waals surface area contributed by atoms with Crippen LogP contribution in [0.15, 0.2) is 0 Å². The van der Waals surface area contributed by atoms with Crippen molar-refractivity contribution in [2.45, 2.75) is 42.7 Å². The lowest BCUT2D eigenvalue weighted by atomic mass is 9.70. The predicted molar refractivity (Wildman–Crippen MR) is 52.0 cm³/mol. The van der Waals surface area contributed by atoms with E-state index in [1.54, 1.807) is 0 Å². The second-order valence-electron chi connectivity index (χ2n) is 5.18. The van der Waals surface area contributed by atoms with Crippen LogP contribution in [0.25, 0.3) is 0 Å². The van der Waals surface area contributed by atoms with Crippen LogP contribution in [0.5, 0.6) is 0 Å². The number of hydrogen-bond donors (Lipinski definition) is 0. The van der Waals surface area contributed by atoms with Crippen molar-refractivity contribution >= 4 is 0 Å². The summed E-state index contributed by atoms with van der Waals surface area (Å²) in [7, 11) is -0.635. The van der Waals surface area contributed by atoms with Crippen molar-refractivity contribution in [1.82, 2.24) is 0 Å². The van der Waals surface area contributed by atoms with Gasteiger partial charge in [0.25, 0.3) is 5.92 Å². The monoisotopic (exact) mass is 482 g/mol. The van der Waals surface area contributed by atoms with Crippen molar-refractivity contribution in [3.63, 3.8) is 0 Å². The molecule has 0 aromatic rings. The Balaban J connectivity index is 7.61. The Bertz CT molecular complexity index is 537. The summed E-state index contributed by atoms with van der Waals surface area (Å²) in [6, 6.07) is 0. The molecular formula is C10H4F18O. The summed E-state index contributed by atoms with van der Waals surface area (Å²) in [6.07, 6.45) is -40.1. The smallest absolute Gasteiger partial charge is 0.319 e. The highest BCUT2D eigenvalue weighted by atomic mass is 19.4. The summed E-state index contributed by atoms with van der Waals surface area (Å²) in [4.78, 5) is 0. The molecule has 29 heavy (non-hydrogen) atoms. The van der Waals surface area contributed by atoms with Gasteiger partial charge in [0.2, 0.25) is 0 Å². The Labute approximate surface area is 146 Å². The van der Waals surface area contributed by atoms with Crippen LogP contribution in [-0.2, 0) is 4.74 Å². The molecule has 0 saturated heterocycles. The molecule has 1 nitrogen and oxygen atoms in total. The number of halogens is 18. The molecule has 1 atom stereocenters. The highest BCUT2D eigenvalue weighted by Crippen LogP contribution is 2.71. The maximum Gasteiger partial charge on any atom is 0.420 e. The van der Waals surface area contributed by atoms with Crippen LogP contribution in [0.4, 0.5) is 79.0 Å². The fraction of sp³-hybridized carbons (Fsp3) is 1.00. The third-order valence-corrected chi connectivity index (χ3v) is 3.47. The van der Waals surface area contributed by atoms with Crippen LogP contribution in [-0.4, -0.2) is 49.8 Å². The van der Waals surface area contributed by atoms with Gasteiger partial charge in [-0.2, -0.15) is 70.2 Å². The van der Waals surface area contributed by atoms with E-state index in [0.717, 1.165) is 0 Å². The first kappa shape index (κ1) is 27.7. The summed E-state index contributed by atoms with van der Waals surface area (Å²) >= 11 is 0. The van der Waals surface area contributed by atoms with Crippen LogP contribution < -0.4 is 0 Å². The van der Waals surface area contributed by atoms with E-state index in [1.807, 2.05) is 0 Å². The Morgan fingerprint density at radius 3 is 0.931 bits per heavy atom. The quantitative estimate of drug-likeness (QED) is 0.416. The summed E-state index contributed by atoms with van der Waals surface area (Å²) in [5, 5.41) is 0. The molecule has 0 N–H and O–H groups in total. The molecule has 0 spiro atoms. The standard InChI is InChI=1S/C10H4F18O/c1-29-10(27,28)4(13,14)2(5(15,16)17)3(11,12)6(7(18,19)20,8(21,22)23)9(24,25)26/h2H,1H3. The Hall–Kier alpha value is -1.30. The number of ether oxygens (including phenoxy) is 1. The van der Waals surface area contributed by atoms with E-state index in [9.17, 15) is 79.0 Å². The van der Waals surface area contributed by atoms with E-state index in [0.29, 0.717) is 0 Å². The molecule has 0 radical (unpaired) electrons. The van der Waals surface area contributed by atoms with Crippen molar-refractivity contribution in [3.05, 3.63) is 0 Å². The summed E-state index contributed by atoms with van der Waals surface area (Å²) in [6.45, 7) is 0. The first-order valence-corrected chi connectivity index (χ1v) is 6.13. The molecule has 0 heterocycles. The number of alkyl halides is 18. The predicted octanol–water partition coefficient (Wildman–Crippen LogP) is 6.35. The molecule has 0 fully saturated rings. The lowest BCUT2D eigenvalue weighted by Gasteiger charge is -2.47. The summed E-state index contributed by atoms with van der Waals surface area (Å²) in [5.74, 6) is -23.6. The van der Waals surface area contributed by atoms with Gasteiger partial charge in [-0.3, -0.25) is 0 Å². The van der Waals surface area contributed by atoms with Crippen LogP contribution in [0.1, 0.15) is 0 Å². The minimum atomic E-state index is -8.81. The molecule has 0 aliphatic carbocycles. The number of methoxy groups -OCH3 is 1. The second kappa shape index (κ2) is 6.86. The molecule has 0 rings (SSSR count). The Kier molecular flexibility index (Phi) is 6.55. The molecule has 0 aromatic carbocycles. The molecule has 0 amide bonds. The third-order valence-electron chi connectivity index (χ3n) is 3.47. The zero-order chi connectivity index (χ0) is 24.3. The van der Waals surface area contributed by atoms with Crippen molar-refractivity contribution in [1.29, 1.82) is 0 Å². The van der Waals surface area contributed by atoms with E-state index in [4.69, 9.17) is 0 Å². The molecule has 176 valence electrons. The first-order valence-electron chi connectivity index (χ1n) is 6.13. The van der Waals surface area contributed by atoms with Gasteiger partial charge in [-0.25, -0.2) is 8.78 Å². The molecule has 0 aromatic heterocycles. The van der Waals surface area contributed by atoms with Gasteiger partial charge in [0.1, 0.15) is 0 Å². The Morgan fingerprint density at radius 2 is 0.759 bits per heavy atom. The fourth-order valence-corrected chi connectivity index (χ4v) is 2.21. The maximum atomic E-state index is 13.8. The maximum absolute atomic E-state index is 13.8. The molecular weight excluding hydrogens is 478 g/mol. The lowest BCUT2D eigenvalue weighted by Crippen LogP contribution is -2.75. The van der Waals surface area contributed by atoms with Gasteiger partial charge in [0, 0.05) is 7.11 Å². The number of rotatable bonds is 5. The fourth-order valence-electron chi connectivity index (χ4n) is 2.21. The van der Waals surface area contributed by atoms with Crippen molar-refractivity contribution < 1.29 is 83.8 Å². The lowest BCUT2D eigenvalue weighted by molar-refractivity contribution is -0.507. The van der Waals surface area contributed by atoms with Crippen LogP contribution in [0.2, 0.25) is 0 Å². The van der Waals surface area contributed by atoms with Crippen molar-refractivity contribution in [2.75, 3.05) is 7.11 Å². The second-order valence-corrected chi connectivity index (χ2v) is 5.18. The normalized spacial score (nSPS) is 17.5. The SMILES string of the molecule is COC(F)(F)C(F)(F)C(C(F)(F)F)C(F)(F)C(C(F)(F)F)(C(F)(F)F)C(F)(F)F. The summed E-state index contributed by atoms with van der Waals surface area (Å²) < 4.78 is 234. The third kappa shape index (κ3) is 3.89. The first-order chi connectivity index (χ1) is 12.2. The van der Waals surface area contributed by atoms with Crippen LogP contribution >= 0.6 is 0 Å². The minimum absolute atomic E-state index is 0.635. The van der Waals surface area contributed by atoms with Crippen molar-refractivity contribution in [2.24, 2.45) is 11.3 Å². The van der Waals surface area contributed by atoms with Gasteiger partial charge < -0.3 is 4.74 Å². The molecule has 19 heteroatoms. The summed E-state index contributed by atoms with van der Waals surface area (Å²) in [5.41, 5.74) is -8.81. The molecule has 1 unspecified atom stereocenters. The molecule has 0 bridgehead atoms. The Morgan fingerprint density at radius 1 is 0.483 bits per heavy atom. The van der Waals surface area contributed by atoms with E-state index >= 15 is 0 Å². The van der Waals surface area contributed by atoms with Gasteiger partial charge in [-0.05, 0) is 0 Å². The van der Waals surface area contributed by atoms with Gasteiger partial charge in [-0.1, -0.05) is 0 Å². The van der Waals surface area contributed by atoms with E-state index in [2.05, 4.69) is 4.74 Å². The average Bonchev–Trinajstić information content (AvgIpc) is 2.29. The van der Waals surface area contributed by atoms with Gasteiger partial charge in [-0.15, -0.1) is 0 Å². The highest BCUT2D eigenvalue weighted by molar-refractivity contribution is 5.14. The van der Waals surface area contributed by atoms with Gasteiger partial charge >= 0.3 is 42.2 Å². The van der Waals surface area contributed by atoms with Crippen LogP contribution in [0, 0.1) is 11.3 Å². The van der Waals surface area contributed by atoms with Gasteiger partial charge in [0.15, 0.2) is 5.92 Å². The van der Waals surface area contributed by atoms with E-state index < -0.39 is 61.1 Å². The van der Waals surface area contributed by atoms with Crippen LogP contribution in [0.3, 0.4) is 0 Å². The zero-order valence-corrected chi connectivity index (χ0v) is 12.8. The molecule has 0 aliphatic heterocycles.